The predicted molar refractivity (Wildman–Crippen MR) is 73.5 cm³/mol. The molecule has 0 heterocycles. The highest BCUT2D eigenvalue weighted by Gasteiger charge is 2.23. The summed E-state index contributed by atoms with van der Waals surface area (Å²) in [6.45, 7) is 7.40. The molecular weight excluding hydrogens is 234 g/mol. The zero-order chi connectivity index (χ0) is 12.9. The number of nitrogens with one attached hydrogen (secondary N) is 1. The third-order valence-electron chi connectivity index (χ3n) is 2.79. The van der Waals surface area contributed by atoms with Gasteiger partial charge in [-0.25, -0.2) is 0 Å². The van der Waals surface area contributed by atoms with Gasteiger partial charge in [-0.15, -0.1) is 0 Å². The molecule has 0 radical (unpaired) electrons. The van der Waals surface area contributed by atoms with E-state index in [0.717, 1.165) is 18.0 Å². The maximum absolute atomic E-state index is 9.53. The van der Waals surface area contributed by atoms with Gasteiger partial charge in [-0.3, -0.25) is 0 Å². The smallest absolute Gasteiger partial charge is 0.0613 e. The maximum Gasteiger partial charge on any atom is 0.0613 e. The first-order valence-corrected chi connectivity index (χ1v) is 6.43. The molecule has 2 nitrogen and oxygen atoms in total. The molecule has 3 heteroatoms. The van der Waals surface area contributed by atoms with E-state index in [1.165, 1.54) is 5.56 Å². The Labute approximate surface area is 109 Å². The second kappa shape index (κ2) is 6.39. The molecule has 0 bridgehead atoms. The van der Waals surface area contributed by atoms with Crippen LogP contribution in [0.25, 0.3) is 0 Å². The number of halogens is 1. The van der Waals surface area contributed by atoms with Crippen molar-refractivity contribution in [1.82, 2.24) is 5.32 Å². The minimum Gasteiger partial charge on any atom is -0.394 e. The van der Waals surface area contributed by atoms with E-state index in [1.807, 2.05) is 31.2 Å². The Balaban J connectivity index is 2.64. The lowest BCUT2D eigenvalue weighted by Crippen LogP contribution is -2.49. The summed E-state index contributed by atoms with van der Waals surface area (Å²) < 4.78 is 0. The Morgan fingerprint density at radius 3 is 2.35 bits per heavy atom. The predicted octanol–water partition coefficient (Wildman–Crippen LogP) is 2.88. The number of rotatable bonds is 6. The van der Waals surface area contributed by atoms with Crippen LogP contribution in [0, 0.1) is 5.92 Å². The molecule has 1 rings (SSSR count). The van der Waals surface area contributed by atoms with Crippen LogP contribution in [0.3, 0.4) is 0 Å². The van der Waals surface area contributed by atoms with Gasteiger partial charge in [-0.1, -0.05) is 37.6 Å². The highest BCUT2D eigenvalue weighted by atomic mass is 35.5. The van der Waals surface area contributed by atoms with Crippen molar-refractivity contribution in [1.29, 1.82) is 0 Å². The van der Waals surface area contributed by atoms with Crippen molar-refractivity contribution in [3.63, 3.8) is 0 Å². The fourth-order valence-corrected chi connectivity index (χ4v) is 1.80. The molecule has 1 unspecified atom stereocenters. The first-order valence-electron chi connectivity index (χ1n) is 6.05. The van der Waals surface area contributed by atoms with E-state index in [-0.39, 0.29) is 12.1 Å². The third kappa shape index (κ3) is 5.07. The van der Waals surface area contributed by atoms with Crippen LogP contribution in [0.15, 0.2) is 24.3 Å². The lowest BCUT2D eigenvalue weighted by Gasteiger charge is -2.30. The summed E-state index contributed by atoms with van der Waals surface area (Å²) in [5.74, 6) is 0.575. The van der Waals surface area contributed by atoms with Crippen molar-refractivity contribution >= 4 is 11.6 Å². The number of aliphatic hydroxyl groups is 1. The Kier molecular flexibility index (Phi) is 5.44. The fourth-order valence-electron chi connectivity index (χ4n) is 1.68. The van der Waals surface area contributed by atoms with Gasteiger partial charge in [0.15, 0.2) is 0 Å². The maximum atomic E-state index is 9.53. The lowest BCUT2D eigenvalue weighted by atomic mass is 9.93. The first kappa shape index (κ1) is 14.5. The number of hydrogen-bond acceptors (Lipinski definition) is 2. The number of hydrogen-bond donors (Lipinski definition) is 2. The Morgan fingerprint density at radius 2 is 1.88 bits per heavy atom. The van der Waals surface area contributed by atoms with Gasteiger partial charge in [0, 0.05) is 10.6 Å². The minimum absolute atomic E-state index is 0.127. The summed E-state index contributed by atoms with van der Waals surface area (Å²) >= 11 is 5.85. The molecule has 0 aliphatic heterocycles. The van der Waals surface area contributed by atoms with Crippen molar-refractivity contribution in [3.8, 4) is 0 Å². The Bertz CT molecular complexity index is 337. The van der Waals surface area contributed by atoms with E-state index < -0.39 is 0 Å². The van der Waals surface area contributed by atoms with Crippen LogP contribution in [0.2, 0.25) is 5.02 Å². The average molecular weight is 256 g/mol. The van der Waals surface area contributed by atoms with Crippen LogP contribution < -0.4 is 5.32 Å². The minimum atomic E-state index is -0.266. The molecule has 1 aromatic rings. The monoisotopic (exact) mass is 255 g/mol. The molecule has 0 saturated carbocycles. The van der Waals surface area contributed by atoms with Gasteiger partial charge in [0.25, 0.3) is 0 Å². The molecule has 1 aromatic carbocycles. The van der Waals surface area contributed by atoms with Crippen LogP contribution >= 0.6 is 11.6 Å². The van der Waals surface area contributed by atoms with Crippen LogP contribution in [-0.4, -0.2) is 23.8 Å². The second-order valence-corrected chi connectivity index (χ2v) is 5.73. The highest BCUT2D eigenvalue weighted by molar-refractivity contribution is 6.30. The fraction of sp³-hybridized carbons (Fsp3) is 0.571. The van der Waals surface area contributed by atoms with E-state index in [4.69, 9.17) is 11.6 Å². The summed E-state index contributed by atoms with van der Waals surface area (Å²) in [5, 5.41) is 13.7. The van der Waals surface area contributed by atoms with Crippen LogP contribution in [0.1, 0.15) is 26.3 Å². The molecule has 1 atom stereocenters. The van der Waals surface area contributed by atoms with Crippen molar-refractivity contribution in [2.24, 2.45) is 5.92 Å². The molecule has 0 saturated heterocycles. The first-order chi connectivity index (χ1) is 7.95. The van der Waals surface area contributed by atoms with Crippen LogP contribution in [0.5, 0.6) is 0 Å². The zero-order valence-electron chi connectivity index (χ0n) is 10.8. The second-order valence-electron chi connectivity index (χ2n) is 5.30. The average Bonchev–Trinajstić information content (AvgIpc) is 2.30. The molecule has 0 aliphatic rings. The largest absolute Gasteiger partial charge is 0.394 e. The molecule has 0 fully saturated rings. The van der Waals surface area contributed by atoms with Gasteiger partial charge in [-0.05, 0) is 43.5 Å². The molecule has 2 N–H and O–H groups in total. The van der Waals surface area contributed by atoms with E-state index >= 15 is 0 Å². The third-order valence-corrected chi connectivity index (χ3v) is 3.05. The van der Waals surface area contributed by atoms with Crippen molar-refractivity contribution < 1.29 is 5.11 Å². The van der Waals surface area contributed by atoms with Crippen molar-refractivity contribution in [2.75, 3.05) is 13.2 Å². The molecule has 17 heavy (non-hydrogen) atoms. The zero-order valence-corrected chi connectivity index (χ0v) is 11.6. The van der Waals surface area contributed by atoms with Crippen LogP contribution in [-0.2, 0) is 6.42 Å². The molecule has 0 aliphatic carbocycles. The van der Waals surface area contributed by atoms with E-state index in [0.29, 0.717) is 5.92 Å². The topological polar surface area (TPSA) is 32.3 Å². The van der Waals surface area contributed by atoms with Crippen LogP contribution in [0.4, 0.5) is 0 Å². The Hall–Kier alpha value is -0.570. The normalized spacial score (nSPS) is 14.9. The summed E-state index contributed by atoms with van der Waals surface area (Å²) in [7, 11) is 0. The lowest BCUT2D eigenvalue weighted by molar-refractivity contribution is 0.170. The van der Waals surface area contributed by atoms with Gasteiger partial charge >= 0.3 is 0 Å². The van der Waals surface area contributed by atoms with Gasteiger partial charge < -0.3 is 10.4 Å². The van der Waals surface area contributed by atoms with Gasteiger partial charge in [0.2, 0.25) is 0 Å². The van der Waals surface area contributed by atoms with Gasteiger partial charge in [0.1, 0.15) is 0 Å². The highest BCUT2D eigenvalue weighted by Crippen LogP contribution is 2.16. The van der Waals surface area contributed by atoms with E-state index in [2.05, 4.69) is 19.2 Å². The molecule has 0 amide bonds. The van der Waals surface area contributed by atoms with Crippen molar-refractivity contribution in [2.45, 2.75) is 32.7 Å². The van der Waals surface area contributed by atoms with Gasteiger partial charge in [-0.2, -0.15) is 0 Å². The summed E-state index contributed by atoms with van der Waals surface area (Å²) in [6.07, 6.45) is 0.799. The van der Waals surface area contributed by atoms with E-state index in [9.17, 15) is 5.11 Å². The Morgan fingerprint density at radius 1 is 1.29 bits per heavy atom. The SMILES string of the molecule is CC(C)CNC(C)(CO)Cc1ccc(Cl)cc1. The summed E-state index contributed by atoms with van der Waals surface area (Å²) in [4.78, 5) is 0. The van der Waals surface area contributed by atoms with Crippen molar-refractivity contribution in [3.05, 3.63) is 34.9 Å². The molecule has 96 valence electrons. The van der Waals surface area contributed by atoms with Gasteiger partial charge in [0.05, 0.1) is 6.61 Å². The standard InChI is InChI=1S/C14H22ClNO/c1-11(2)9-16-14(3,10-17)8-12-4-6-13(15)7-5-12/h4-7,11,16-17H,8-10H2,1-3H3. The summed E-state index contributed by atoms with van der Waals surface area (Å²) in [6, 6.07) is 7.79. The summed E-state index contributed by atoms with van der Waals surface area (Å²) in [5.41, 5.74) is 0.917. The molecule has 0 spiro atoms. The quantitative estimate of drug-likeness (QED) is 0.819. The molecule has 0 aromatic heterocycles. The van der Waals surface area contributed by atoms with E-state index in [1.54, 1.807) is 0 Å². The molecular formula is C14H22ClNO. The number of aliphatic hydroxyl groups excluding tert-OH is 1. The number of benzene rings is 1.